The van der Waals surface area contributed by atoms with E-state index < -0.39 is 11.2 Å². The Morgan fingerprint density at radius 1 is 1.40 bits per heavy atom. The van der Waals surface area contributed by atoms with Crippen molar-refractivity contribution in [1.29, 1.82) is 0 Å². The van der Waals surface area contributed by atoms with Crippen LogP contribution in [0.15, 0.2) is 12.7 Å². The van der Waals surface area contributed by atoms with Crippen LogP contribution in [0.25, 0.3) is 0 Å². The topological polar surface area (TPSA) is 23.1 Å². The molecule has 10 heavy (non-hydrogen) atoms. The maximum Gasteiger partial charge on any atom is 0.123 e. The van der Waals surface area contributed by atoms with Crippen molar-refractivity contribution in [3.8, 4) is 0 Å². The van der Waals surface area contributed by atoms with Gasteiger partial charge in [0, 0.05) is 0 Å². The van der Waals surface area contributed by atoms with Crippen molar-refractivity contribution in [2.75, 3.05) is 11.5 Å². The molecule has 0 N–H and O–H groups in total. The third-order valence-corrected chi connectivity index (χ3v) is 2.53. The fraction of sp³-hybridized carbons (Fsp3) is 0.625. The fourth-order valence-electron chi connectivity index (χ4n) is 0.655. The molecule has 2 heteroatoms. The summed E-state index contributed by atoms with van der Waals surface area (Å²) >= 11 is -0.667. The average molecular weight is 159 g/mol. The molecule has 0 amide bonds. The largest absolute Gasteiger partial charge is 0.616 e. The highest BCUT2D eigenvalue weighted by Gasteiger charge is 2.00. The Morgan fingerprint density at radius 3 is 2.60 bits per heavy atom. The van der Waals surface area contributed by atoms with Gasteiger partial charge in [-0.25, -0.2) is 0 Å². The lowest BCUT2D eigenvalue weighted by molar-refractivity contribution is 0.593. The van der Waals surface area contributed by atoms with Gasteiger partial charge in [0.05, 0.1) is 0 Å². The van der Waals surface area contributed by atoms with Crippen molar-refractivity contribution in [2.24, 2.45) is 0 Å². The normalized spacial score (nSPS) is 13.0. The van der Waals surface area contributed by atoms with E-state index in [1.165, 1.54) is 0 Å². The highest BCUT2D eigenvalue weighted by molar-refractivity contribution is 7.91. The Morgan fingerprint density at radius 2 is 2.10 bits per heavy atom. The molecule has 0 bridgehead atoms. The predicted molar refractivity (Wildman–Crippen MR) is 47.3 cm³/mol. The summed E-state index contributed by atoms with van der Waals surface area (Å²) in [6.45, 7) is 7.23. The number of unbranched alkanes of at least 4 members (excludes halogenated alkanes) is 2. The summed E-state index contributed by atoms with van der Waals surface area (Å²) in [5.41, 5.74) is 0. The second kappa shape index (κ2) is 7.16. The summed E-state index contributed by atoms with van der Waals surface area (Å²) in [6.07, 6.45) is 4.78. The monoisotopic (exact) mass is 159 g/mol. The summed E-state index contributed by atoms with van der Waals surface area (Å²) in [7, 11) is 0. The van der Waals surface area contributed by atoms with Crippen molar-refractivity contribution in [2.45, 2.75) is 19.3 Å². The lowest BCUT2D eigenvalue weighted by Crippen LogP contribution is -2.08. The van der Waals surface area contributed by atoms with E-state index in [1.807, 2.05) is 0 Å². The number of hydrogen-bond donors (Lipinski definition) is 0. The van der Waals surface area contributed by atoms with E-state index in [0.717, 1.165) is 25.0 Å². The van der Waals surface area contributed by atoms with E-state index in [-0.39, 0.29) is 0 Å². The smallest absolute Gasteiger partial charge is 0.123 e. The second-order valence-corrected chi connectivity index (χ2v) is 3.78. The SMILES string of the molecule is [CH2]CCCC[S+]([O-])CC=C. The molecule has 0 saturated carbocycles. The van der Waals surface area contributed by atoms with Gasteiger partial charge in [0.2, 0.25) is 0 Å². The molecule has 1 radical (unpaired) electrons. The summed E-state index contributed by atoms with van der Waals surface area (Å²) in [5, 5.41) is 0. The third-order valence-electron chi connectivity index (χ3n) is 1.18. The summed E-state index contributed by atoms with van der Waals surface area (Å²) in [5.74, 6) is 1.44. The van der Waals surface area contributed by atoms with E-state index >= 15 is 0 Å². The first-order valence-electron chi connectivity index (χ1n) is 3.56. The Balaban J connectivity index is 3.04. The molecule has 0 aromatic carbocycles. The van der Waals surface area contributed by atoms with Crippen LogP contribution in [0.2, 0.25) is 0 Å². The molecule has 0 aliphatic rings. The van der Waals surface area contributed by atoms with Crippen molar-refractivity contribution in [3.63, 3.8) is 0 Å². The van der Waals surface area contributed by atoms with E-state index in [1.54, 1.807) is 6.08 Å². The zero-order chi connectivity index (χ0) is 7.82. The molecule has 0 aliphatic heterocycles. The van der Waals surface area contributed by atoms with E-state index in [9.17, 15) is 4.55 Å². The average Bonchev–Trinajstić information content (AvgIpc) is 1.89. The molecule has 0 fully saturated rings. The maximum atomic E-state index is 10.9. The van der Waals surface area contributed by atoms with Crippen molar-refractivity contribution >= 4 is 11.2 Å². The zero-order valence-electron chi connectivity index (χ0n) is 6.34. The molecule has 1 unspecified atom stereocenters. The Labute approximate surface area is 66.7 Å². The quantitative estimate of drug-likeness (QED) is 0.330. The van der Waals surface area contributed by atoms with Crippen molar-refractivity contribution in [1.82, 2.24) is 0 Å². The van der Waals surface area contributed by atoms with Gasteiger partial charge in [-0.3, -0.25) is 0 Å². The standard InChI is InChI=1S/C8H15OS/c1-3-5-6-8-10(9)7-4-2/h4H,1-3,5-8H2. The summed E-state index contributed by atoms with van der Waals surface area (Å²) in [4.78, 5) is 0. The van der Waals surface area contributed by atoms with E-state index in [2.05, 4.69) is 13.5 Å². The molecule has 0 spiro atoms. The molecule has 59 valence electrons. The molecule has 0 aromatic heterocycles. The van der Waals surface area contributed by atoms with E-state index in [0.29, 0.717) is 5.75 Å². The highest BCUT2D eigenvalue weighted by Crippen LogP contribution is 1.99. The van der Waals surface area contributed by atoms with Gasteiger partial charge < -0.3 is 4.55 Å². The van der Waals surface area contributed by atoms with Crippen molar-refractivity contribution < 1.29 is 4.55 Å². The second-order valence-electron chi connectivity index (χ2n) is 2.16. The molecule has 1 atom stereocenters. The first-order valence-corrected chi connectivity index (χ1v) is 5.05. The first-order chi connectivity index (χ1) is 4.81. The minimum Gasteiger partial charge on any atom is -0.616 e. The molecule has 0 heterocycles. The third kappa shape index (κ3) is 6.17. The maximum absolute atomic E-state index is 10.9. The van der Waals surface area contributed by atoms with Crippen LogP contribution in [-0.2, 0) is 11.2 Å². The summed E-state index contributed by atoms with van der Waals surface area (Å²) < 4.78 is 10.9. The van der Waals surface area contributed by atoms with Crippen LogP contribution in [0.1, 0.15) is 19.3 Å². The van der Waals surface area contributed by atoms with Gasteiger partial charge in [-0.1, -0.05) is 19.9 Å². The molecular formula is C8H15OS. The lowest BCUT2D eigenvalue weighted by atomic mass is 10.3. The van der Waals surface area contributed by atoms with Gasteiger partial charge in [0.1, 0.15) is 11.5 Å². The van der Waals surface area contributed by atoms with Gasteiger partial charge in [-0.2, -0.15) is 0 Å². The number of rotatable bonds is 6. The van der Waals surface area contributed by atoms with Gasteiger partial charge in [-0.15, -0.1) is 0 Å². The Hall–Kier alpha value is 0.0500. The predicted octanol–water partition coefficient (Wildman–Crippen LogP) is 1.93. The van der Waals surface area contributed by atoms with Crippen LogP contribution in [0.4, 0.5) is 0 Å². The van der Waals surface area contributed by atoms with Gasteiger partial charge in [-0.05, 0) is 30.1 Å². The van der Waals surface area contributed by atoms with Gasteiger partial charge in [0.15, 0.2) is 0 Å². The molecule has 1 nitrogen and oxygen atoms in total. The summed E-state index contributed by atoms with van der Waals surface area (Å²) in [6, 6.07) is 0. The van der Waals surface area contributed by atoms with Crippen LogP contribution in [0.5, 0.6) is 0 Å². The van der Waals surface area contributed by atoms with Gasteiger partial charge in [0.25, 0.3) is 0 Å². The first kappa shape index (κ1) is 10.0. The molecule has 0 saturated heterocycles. The van der Waals surface area contributed by atoms with E-state index in [4.69, 9.17) is 0 Å². The minimum atomic E-state index is -0.667. The van der Waals surface area contributed by atoms with Gasteiger partial charge >= 0.3 is 0 Å². The molecule has 0 rings (SSSR count). The highest BCUT2D eigenvalue weighted by atomic mass is 32.2. The zero-order valence-corrected chi connectivity index (χ0v) is 7.16. The minimum absolute atomic E-state index is 0.636. The Bertz CT molecular complexity index is 83.3. The van der Waals surface area contributed by atoms with Crippen LogP contribution < -0.4 is 0 Å². The molecule has 0 aromatic rings. The van der Waals surface area contributed by atoms with Crippen molar-refractivity contribution in [3.05, 3.63) is 19.6 Å². The molecule has 0 aliphatic carbocycles. The van der Waals surface area contributed by atoms with Crippen LogP contribution >= 0.6 is 0 Å². The molecular weight excluding hydrogens is 144 g/mol. The van der Waals surface area contributed by atoms with Crippen LogP contribution in [0.3, 0.4) is 0 Å². The Kier molecular flexibility index (Phi) is 7.20. The van der Waals surface area contributed by atoms with Crippen LogP contribution in [-0.4, -0.2) is 16.1 Å². The lowest BCUT2D eigenvalue weighted by Gasteiger charge is -2.06. The van der Waals surface area contributed by atoms with Crippen LogP contribution in [0, 0.1) is 6.92 Å². The fourth-order valence-corrected chi connectivity index (χ4v) is 1.61. The number of hydrogen-bond acceptors (Lipinski definition) is 1.